The summed E-state index contributed by atoms with van der Waals surface area (Å²) in [5.41, 5.74) is 9.71. The smallest absolute Gasteiger partial charge is 0.0181 e. The molecule has 1 aliphatic carbocycles. The fourth-order valence-corrected chi connectivity index (χ4v) is 2.20. The minimum Gasteiger partial charge on any atom is -0.326 e. The normalized spacial score (nSPS) is 15.1. The Kier molecular flexibility index (Phi) is 2.51. The van der Waals surface area contributed by atoms with Crippen molar-refractivity contribution in [3.05, 3.63) is 39.9 Å². The number of hydrogen-bond acceptors (Lipinski definition) is 1. The summed E-state index contributed by atoms with van der Waals surface area (Å²) in [5.74, 6) is 0. The molecule has 1 aromatic carbocycles. The lowest BCUT2D eigenvalue weighted by atomic mass is 9.91. The van der Waals surface area contributed by atoms with Crippen molar-refractivity contribution >= 4 is 21.5 Å². The highest BCUT2D eigenvalue weighted by Gasteiger charge is 2.10. The van der Waals surface area contributed by atoms with E-state index in [0.29, 0.717) is 6.54 Å². The summed E-state index contributed by atoms with van der Waals surface area (Å²) in [4.78, 5) is 0. The van der Waals surface area contributed by atoms with Crippen molar-refractivity contribution < 1.29 is 0 Å². The Morgan fingerprint density at radius 2 is 2.23 bits per heavy atom. The van der Waals surface area contributed by atoms with Crippen molar-refractivity contribution in [2.24, 2.45) is 5.73 Å². The Bertz CT molecular complexity index is 355. The zero-order chi connectivity index (χ0) is 9.26. The molecule has 13 heavy (non-hydrogen) atoms. The van der Waals surface area contributed by atoms with Gasteiger partial charge in [0.05, 0.1) is 0 Å². The van der Waals surface area contributed by atoms with Gasteiger partial charge in [-0.25, -0.2) is 0 Å². The van der Waals surface area contributed by atoms with E-state index in [1.54, 1.807) is 0 Å². The van der Waals surface area contributed by atoms with Crippen LogP contribution in [-0.2, 0) is 6.42 Å². The maximum Gasteiger partial charge on any atom is 0.0181 e. The molecule has 68 valence electrons. The number of nitrogens with two attached hydrogens (primary N) is 1. The Labute approximate surface area is 86.8 Å². The van der Waals surface area contributed by atoms with Crippen LogP contribution in [0.3, 0.4) is 0 Å². The maximum absolute atomic E-state index is 5.68. The monoisotopic (exact) mass is 237 g/mol. The van der Waals surface area contributed by atoms with Crippen LogP contribution >= 0.6 is 15.9 Å². The van der Waals surface area contributed by atoms with Crippen LogP contribution in [0.1, 0.15) is 17.5 Å². The molecule has 0 unspecified atom stereocenters. The molecule has 0 bridgehead atoms. The van der Waals surface area contributed by atoms with Gasteiger partial charge in [0.1, 0.15) is 0 Å². The summed E-state index contributed by atoms with van der Waals surface area (Å²) in [6, 6.07) is 6.42. The SMILES string of the molecule is NCC1=CCCc2cc(Br)ccc21. The van der Waals surface area contributed by atoms with Crippen molar-refractivity contribution in [1.29, 1.82) is 0 Å². The highest BCUT2D eigenvalue weighted by molar-refractivity contribution is 9.10. The third-order valence-corrected chi connectivity index (χ3v) is 2.93. The zero-order valence-electron chi connectivity index (χ0n) is 7.39. The third kappa shape index (κ3) is 1.69. The van der Waals surface area contributed by atoms with E-state index >= 15 is 0 Å². The summed E-state index contributed by atoms with van der Waals surface area (Å²) >= 11 is 3.48. The number of fused-ring (bicyclic) bond motifs is 1. The van der Waals surface area contributed by atoms with Crippen LogP contribution in [0, 0.1) is 0 Å². The van der Waals surface area contributed by atoms with E-state index in [0.717, 1.165) is 17.3 Å². The van der Waals surface area contributed by atoms with Crippen molar-refractivity contribution in [3.8, 4) is 0 Å². The molecule has 0 spiro atoms. The van der Waals surface area contributed by atoms with Crippen molar-refractivity contribution in [2.75, 3.05) is 6.54 Å². The van der Waals surface area contributed by atoms with E-state index in [4.69, 9.17) is 5.73 Å². The van der Waals surface area contributed by atoms with Gasteiger partial charge in [-0.05, 0) is 41.7 Å². The molecule has 1 aliphatic rings. The van der Waals surface area contributed by atoms with Crippen LogP contribution in [0.25, 0.3) is 5.57 Å². The second-order valence-electron chi connectivity index (χ2n) is 3.27. The molecule has 0 amide bonds. The molecule has 1 nitrogen and oxygen atoms in total. The van der Waals surface area contributed by atoms with Gasteiger partial charge in [-0.3, -0.25) is 0 Å². The molecular weight excluding hydrogens is 226 g/mol. The van der Waals surface area contributed by atoms with E-state index in [1.165, 1.54) is 16.7 Å². The molecule has 0 saturated carbocycles. The average molecular weight is 238 g/mol. The van der Waals surface area contributed by atoms with Crippen LogP contribution < -0.4 is 5.73 Å². The van der Waals surface area contributed by atoms with E-state index in [1.807, 2.05) is 0 Å². The fourth-order valence-electron chi connectivity index (χ4n) is 1.79. The van der Waals surface area contributed by atoms with E-state index in [9.17, 15) is 0 Å². The summed E-state index contributed by atoms with van der Waals surface area (Å²) < 4.78 is 1.16. The van der Waals surface area contributed by atoms with Crippen LogP contribution in [0.5, 0.6) is 0 Å². The van der Waals surface area contributed by atoms with Crippen LogP contribution in [0.4, 0.5) is 0 Å². The molecule has 0 saturated heterocycles. The molecule has 0 fully saturated rings. The van der Waals surface area contributed by atoms with Gasteiger partial charge >= 0.3 is 0 Å². The summed E-state index contributed by atoms with van der Waals surface area (Å²) in [7, 11) is 0. The number of rotatable bonds is 1. The Morgan fingerprint density at radius 1 is 1.38 bits per heavy atom. The Hall–Kier alpha value is -0.600. The first-order valence-corrected chi connectivity index (χ1v) is 5.28. The largest absolute Gasteiger partial charge is 0.326 e. The van der Waals surface area contributed by atoms with Gasteiger partial charge in [0.15, 0.2) is 0 Å². The molecule has 1 aromatic rings. The predicted octanol–water partition coefficient (Wildman–Crippen LogP) is 2.74. The zero-order valence-corrected chi connectivity index (χ0v) is 8.97. The van der Waals surface area contributed by atoms with E-state index < -0.39 is 0 Å². The highest BCUT2D eigenvalue weighted by atomic mass is 79.9. The van der Waals surface area contributed by atoms with Crippen LogP contribution in [0.2, 0.25) is 0 Å². The first kappa shape index (κ1) is 8.97. The van der Waals surface area contributed by atoms with Gasteiger partial charge in [0.25, 0.3) is 0 Å². The molecule has 0 atom stereocenters. The Balaban J connectivity index is 2.49. The van der Waals surface area contributed by atoms with Gasteiger partial charge in [-0.1, -0.05) is 28.1 Å². The first-order chi connectivity index (χ1) is 6.31. The van der Waals surface area contributed by atoms with Crippen molar-refractivity contribution in [2.45, 2.75) is 12.8 Å². The van der Waals surface area contributed by atoms with Crippen molar-refractivity contribution in [3.63, 3.8) is 0 Å². The van der Waals surface area contributed by atoms with Crippen LogP contribution in [-0.4, -0.2) is 6.54 Å². The minimum absolute atomic E-state index is 0.647. The highest BCUT2D eigenvalue weighted by Crippen LogP contribution is 2.27. The average Bonchev–Trinajstić information content (AvgIpc) is 2.16. The second-order valence-corrected chi connectivity index (χ2v) is 4.19. The standard InChI is InChI=1S/C11H12BrN/c12-10-4-5-11-8(6-10)2-1-3-9(11)7-13/h3-6H,1-2,7,13H2. The van der Waals surface area contributed by atoms with E-state index in [-0.39, 0.29) is 0 Å². The first-order valence-electron chi connectivity index (χ1n) is 4.49. The predicted molar refractivity (Wildman–Crippen MR) is 59.5 cm³/mol. The lowest BCUT2D eigenvalue weighted by molar-refractivity contribution is 0.965. The molecule has 0 radical (unpaired) electrons. The molecule has 0 heterocycles. The number of aryl methyl sites for hydroxylation is 1. The van der Waals surface area contributed by atoms with E-state index in [2.05, 4.69) is 40.2 Å². The molecule has 2 rings (SSSR count). The van der Waals surface area contributed by atoms with Gasteiger partial charge in [-0.2, -0.15) is 0 Å². The number of halogens is 1. The van der Waals surface area contributed by atoms with Gasteiger partial charge in [-0.15, -0.1) is 0 Å². The number of allylic oxidation sites excluding steroid dienone is 1. The summed E-state index contributed by atoms with van der Waals surface area (Å²) in [5, 5.41) is 0. The molecular formula is C11H12BrN. The maximum atomic E-state index is 5.68. The topological polar surface area (TPSA) is 26.0 Å². The van der Waals surface area contributed by atoms with Gasteiger partial charge in [0, 0.05) is 11.0 Å². The lowest BCUT2D eigenvalue weighted by Crippen LogP contribution is -2.08. The molecule has 2 heteroatoms. The summed E-state index contributed by atoms with van der Waals surface area (Å²) in [6.07, 6.45) is 4.50. The summed E-state index contributed by atoms with van der Waals surface area (Å²) in [6.45, 7) is 0.647. The molecule has 0 aliphatic heterocycles. The molecule has 2 N–H and O–H groups in total. The Morgan fingerprint density at radius 3 is 3.00 bits per heavy atom. The van der Waals surface area contributed by atoms with Gasteiger partial charge in [0.2, 0.25) is 0 Å². The number of benzene rings is 1. The third-order valence-electron chi connectivity index (χ3n) is 2.44. The minimum atomic E-state index is 0.647. The fraction of sp³-hybridized carbons (Fsp3) is 0.273. The van der Waals surface area contributed by atoms with Crippen LogP contribution in [0.15, 0.2) is 28.7 Å². The number of hydrogen-bond donors (Lipinski definition) is 1. The quantitative estimate of drug-likeness (QED) is 0.799. The van der Waals surface area contributed by atoms with Gasteiger partial charge < -0.3 is 5.73 Å². The lowest BCUT2D eigenvalue weighted by Gasteiger charge is -2.16. The van der Waals surface area contributed by atoms with Crippen molar-refractivity contribution in [1.82, 2.24) is 0 Å². The second kappa shape index (κ2) is 3.64. The molecule has 0 aromatic heterocycles.